The number of hydrogen-bond acceptors (Lipinski definition) is 3. The molecule has 134 valence electrons. The molecule has 0 aromatic rings. The molecule has 4 heteroatoms. The molecule has 0 aliphatic carbocycles. The van der Waals surface area contributed by atoms with Crippen LogP contribution >= 0.6 is 0 Å². The van der Waals surface area contributed by atoms with Crippen LogP contribution in [0.4, 0.5) is 0 Å². The van der Waals surface area contributed by atoms with Crippen molar-refractivity contribution in [3.8, 4) is 0 Å². The summed E-state index contributed by atoms with van der Waals surface area (Å²) < 4.78 is 5.09. The van der Waals surface area contributed by atoms with Gasteiger partial charge >= 0.3 is 35.5 Å². The number of carbonyl (C=O) groups excluding carboxylic acids is 1. The van der Waals surface area contributed by atoms with E-state index in [4.69, 9.17) is 4.74 Å². The van der Waals surface area contributed by atoms with E-state index in [0.29, 0.717) is 13.2 Å². The van der Waals surface area contributed by atoms with Gasteiger partial charge in [0.1, 0.15) is 0 Å². The minimum absolute atomic E-state index is 0. The molecule has 0 fully saturated rings. The molecule has 0 heterocycles. The summed E-state index contributed by atoms with van der Waals surface area (Å²) in [6.07, 6.45) is 18.9. The van der Waals surface area contributed by atoms with Gasteiger partial charge in [-0.05, 0) is 13.5 Å². The topological polar surface area (TPSA) is 38.3 Å². The van der Waals surface area contributed by atoms with E-state index in [1.165, 1.54) is 83.5 Å². The quantitative estimate of drug-likeness (QED) is 0.240. The molecule has 0 spiro atoms. The molecule has 0 amide bonds. The number of likely N-dealkylation sites (N-methyl/N-ethyl adjacent to an activating group) is 1. The van der Waals surface area contributed by atoms with Crippen molar-refractivity contribution in [2.24, 2.45) is 0 Å². The van der Waals surface area contributed by atoms with Gasteiger partial charge in [0.25, 0.3) is 0 Å². The zero-order valence-electron chi connectivity index (χ0n) is 15.1. The van der Waals surface area contributed by atoms with Crippen molar-refractivity contribution < 1.29 is 9.53 Å². The fourth-order valence-electron chi connectivity index (χ4n) is 2.68. The number of unbranched alkanes of at least 4 members (excludes halogenated alkanes) is 13. The number of esters is 1. The summed E-state index contributed by atoms with van der Waals surface area (Å²) in [7, 11) is 1.76. The molecule has 1 N–H and O–H groups in total. The number of hydrogen-bond donors (Lipinski definition) is 1. The Hall–Kier alpha value is 0.430. The van der Waals surface area contributed by atoms with E-state index in [1.807, 2.05) is 0 Å². The third-order valence-corrected chi connectivity index (χ3v) is 4.08. The number of carbonyl (C=O) groups is 1. The van der Waals surface area contributed by atoms with Crippen molar-refractivity contribution in [2.75, 3.05) is 20.2 Å². The summed E-state index contributed by atoms with van der Waals surface area (Å²) in [4.78, 5) is 11.1. The number of ether oxygens (including phenoxy) is 1. The van der Waals surface area contributed by atoms with Crippen molar-refractivity contribution in [3.63, 3.8) is 0 Å². The molecular weight excluding hydrogens is 297 g/mol. The van der Waals surface area contributed by atoms with Crippen LogP contribution in [0, 0.1) is 0 Å². The second-order valence-electron chi connectivity index (χ2n) is 6.35. The molecule has 0 aliphatic heterocycles. The first-order chi connectivity index (χ1) is 10.8. The maximum absolute atomic E-state index is 11.1. The zero-order valence-corrected chi connectivity index (χ0v) is 15.1. The molecular formula is C19H40NNaO2. The van der Waals surface area contributed by atoms with Crippen LogP contribution in [0.1, 0.15) is 96.8 Å². The van der Waals surface area contributed by atoms with Crippen molar-refractivity contribution in [1.29, 1.82) is 0 Å². The van der Waals surface area contributed by atoms with E-state index in [0.717, 1.165) is 6.42 Å². The van der Waals surface area contributed by atoms with Crippen LogP contribution in [0.15, 0.2) is 0 Å². The van der Waals surface area contributed by atoms with Gasteiger partial charge in [0.15, 0.2) is 0 Å². The summed E-state index contributed by atoms with van der Waals surface area (Å²) in [5.41, 5.74) is 0. The first-order valence-electron chi connectivity index (χ1n) is 9.61. The average molecular weight is 338 g/mol. The first-order valence-corrected chi connectivity index (χ1v) is 9.61. The molecule has 0 aliphatic rings. The van der Waals surface area contributed by atoms with Gasteiger partial charge in [-0.15, -0.1) is 0 Å². The standard InChI is InChI=1S/C19H39NO2.Na.H/c1-3-4-5-6-7-8-9-10-11-12-13-14-15-16-17-22-19(21)18-20-2;;/h20H,3-18H2,1-2H3;;. The molecule has 0 radical (unpaired) electrons. The zero-order chi connectivity index (χ0) is 16.3. The van der Waals surface area contributed by atoms with Crippen LogP contribution < -0.4 is 5.32 Å². The molecule has 3 nitrogen and oxygen atoms in total. The van der Waals surface area contributed by atoms with E-state index in [-0.39, 0.29) is 35.5 Å². The summed E-state index contributed by atoms with van der Waals surface area (Å²) in [6, 6.07) is 0. The van der Waals surface area contributed by atoms with E-state index >= 15 is 0 Å². The molecule has 0 saturated carbocycles. The molecule has 23 heavy (non-hydrogen) atoms. The fraction of sp³-hybridized carbons (Fsp3) is 0.947. The van der Waals surface area contributed by atoms with Gasteiger partial charge in [0, 0.05) is 0 Å². The van der Waals surface area contributed by atoms with Crippen molar-refractivity contribution >= 4 is 35.5 Å². The first kappa shape index (κ1) is 25.7. The minimum atomic E-state index is -0.141. The predicted octanol–water partition coefficient (Wildman–Crippen LogP) is 4.58. The number of nitrogens with one attached hydrogen (secondary N) is 1. The van der Waals surface area contributed by atoms with E-state index in [1.54, 1.807) is 7.05 Å². The summed E-state index contributed by atoms with van der Waals surface area (Å²) in [6.45, 7) is 3.17. The van der Waals surface area contributed by atoms with E-state index in [9.17, 15) is 4.79 Å². The fourth-order valence-corrected chi connectivity index (χ4v) is 2.68. The van der Waals surface area contributed by atoms with Crippen molar-refractivity contribution in [1.82, 2.24) is 5.32 Å². The van der Waals surface area contributed by atoms with Crippen molar-refractivity contribution in [3.05, 3.63) is 0 Å². The Bertz CT molecular complexity index is 237. The Balaban J connectivity index is 0. The Kier molecular flexibility index (Phi) is 25.0. The molecule has 0 rings (SSSR count). The molecule has 0 atom stereocenters. The second-order valence-corrected chi connectivity index (χ2v) is 6.35. The van der Waals surface area contributed by atoms with Gasteiger partial charge in [-0.2, -0.15) is 0 Å². The molecule has 0 saturated heterocycles. The van der Waals surface area contributed by atoms with Gasteiger partial charge in [-0.1, -0.05) is 90.4 Å². The van der Waals surface area contributed by atoms with Gasteiger partial charge in [0.2, 0.25) is 0 Å². The average Bonchev–Trinajstić information content (AvgIpc) is 2.51. The number of rotatable bonds is 17. The van der Waals surface area contributed by atoms with E-state index in [2.05, 4.69) is 12.2 Å². The van der Waals surface area contributed by atoms with Crippen LogP contribution in [0.25, 0.3) is 0 Å². The Morgan fingerprint density at radius 1 is 0.739 bits per heavy atom. The Morgan fingerprint density at radius 2 is 1.13 bits per heavy atom. The van der Waals surface area contributed by atoms with Gasteiger partial charge < -0.3 is 10.1 Å². The molecule has 0 bridgehead atoms. The summed E-state index contributed by atoms with van der Waals surface area (Å²) >= 11 is 0. The van der Waals surface area contributed by atoms with Crippen LogP contribution in [0.5, 0.6) is 0 Å². The van der Waals surface area contributed by atoms with Gasteiger partial charge in [-0.25, -0.2) is 0 Å². The summed E-state index contributed by atoms with van der Waals surface area (Å²) in [5, 5.41) is 2.80. The Labute approximate surface area is 167 Å². The van der Waals surface area contributed by atoms with Crippen molar-refractivity contribution in [2.45, 2.75) is 96.8 Å². The predicted molar refractivity (Wildman–Crippen MR) is 102 cm³/mol. The van der Waals surface area contributed by atoms with Gasteiger partial charge in [0.05, 0.1) is 13.2 Å². The summed E-state index contributed by atoms with van der Waals surface area (Å²) in [5.74, 6) is -0.141. The van der Waals surface area contributed by atoms with Crippen LogP contribution in [-0.4, -0.2) is 55.7 Å². The monoisotopic (exact) mass is 337 g/mol. The van der Waals surface area contributed by atoms with Crippen LogP contribution in [0.2, 0.25) is 0 Å². The second kappa shape index (κ2) is 22.4. The molecule has 0 aromatic carbocycles. The third-order valence-electron chi connectivity index (χ3n) is 4.08. The third kappa shape index (κ3) is 22.4. The normalized spacial score (nSPS) is 10.3. The van der Waals surface area contributed by atoms with Crippen LogP contribution in [0.3, 0.4) is 0 Å². The molecule has 0 unspecified atom stereocenters. The van der Waals surface area contributed by atoms with E-state index < -0.39 is 0 Å². The van der Waals surface area contributed by atoms with Gasteiger partial charge in [-0.3, -0.25) is 4.79 Å². The van der Waals surface area contributed by atoms with Crippen LogP contribution in [-0.2, 0) is 9.53 Å². The Morgan fingerprint density at radius 3 is 1.52 bits per heavy atom. The maximum atomic E-state index is 11.1. The SMILES string of the molecule is CCCCCCCCCCCCCCCCOC(=O)CNC.[NaH]. The molecule has 0 aromatic heterocycles.